The lowest BCUT2D eigenvalue weighted by Crippen LogP contribution is -2.17. The summed E-state index contributed by atoms with van der Waals surface area (Å²) in [6.07, 6.45) is 3.12. The van der Waals surface area contributed by atoms with E-state index in [9.17, 15) is 9.59 Å². The number of rotatable bonds is 6. The summed E-state index contributed by atoms with van der Waals surface area (Å²) < 4.78 is 11.0. The molecule has 7 rings (SSSR count). The third kappa shape index (κ3) is 4.75. The summed E-state index contributed by atoms with van der Waals surface area (Å²) >= 11 is 0. The third-order valence-corrected chi connectivity index (χ3v) is 6.70. The maximum absolute atomic E-state index is 13.5. The normalized spacial score (nSPS) is 11.0. The number of carbonyl (C=O) groups is 2. The predicted molar refractivity (Wildman–Crippen MR) is 159 cm³/mol. The number of anilines is 2. The number of hydrogen-bond donors (Lipinski definition) is 2. The fourth-order valence-corrected chi connectivity index (χ4v) is 4.77. The maximum atomic E-state index is 13.5. The molecule has 0 saturated carbocycles. The molecule has 0 saturated heterocycles. The van der Waals surface area contributed by atoms with Gasteiger partial charge in [0.25, 0.3) is 11.8 Å². The summed E-state index contributed by atoms with van der Waals surface area (Å²) in [5.41, 5.74) is 3.22. The van der Waals surface area contributed by atoms with Crippen LogP contribution in [0.25, 0.3) is 44.7 Å². The topological polar surface area (TPSA) is 123 Å². The fraction of sp³-hybridized carbons (Fsp3) is 0. The molecule has 0 unspecified atom stereocenters. The van der Waals surface area contributed by atoms with Crippen molar-refractivity contribution in [3.05, 3.63) is 127 Å². The Morgan fingerprint density at radius 3 is 1.45 bits per heavy atom. The molecule has 0 spiro atoms. The minimum Gasteiger partial charge on any atom is -0.463 e. The van der Waals surface area contributed by atoms with Crippen LogP contribution in [0.5, 0.6) is 0 Å². The summed E-state index contributed by atoms with van der Waals surface area (Å²) in [7, 11) is 0. The van der Waals surface area contributed by atoms with Gasteiger partial charge in [-0.15, -0.1) is 0 Å². The Hall–Kier alpha value is -6.09. The van der Waals surface area contributed by atoms with E-state index in [1.54, 1.807) is 67.1 Å². The number of pyridine rings is 3. The molecule has 0 radical (unpaired) electrons. The van der Waals surface area contributed by atoms with E-state index in [4.69, 9.17) is 8.83 Å². The molecule has 2 amide bonds. The second kappa shape index (κ2) is 10.5. The minimum absolute atomic E-state index is 0.272. The van der Waals surface area contributed by atoms with E-state index in [0.717, 1.165) is 0 Å². The van der Waals surface area contributed by atoms with Crippen molar-refractivity contribution in [1.82, 2.24) is 15.0 Å². The molecular formula is C33H21N5O4. The van der Waals surface area contributed by atoms with Gasteiger partial charge in [0, 0.05) is 10.8 Å². The van der Waals surface area contributed by atoms with Crippen molar-refractivity contribution in [2.75, 3.05) is 10.6 Å². The quantitative estimate of drug-likeness (QED) is 0.224. The Bertz CT molecular complexity index is 1940. The van der Waals surface area contributed by atoms with E-state index in [1.165, 1.54) is 0 Å². The molecule has 0 bridgehead atoms. The Kier molecular flexibility index (Phi) is 6.21. The number of hydrogen-bond acceptors (Lipinski definition) is 7. The van der Waals surface area contributed by atoms with Crippen LogP contribution in [-0.2, 0) is 0 Å². The van der Waals surface area contributed by atoms with Crippen molar-refractivity contribution in [3.63, 3.8) is 0 Å². The van der Waals surface area contributed by atoms with Crippen molar-refractivity contribution in [1.29, 1.82) is 0 Å². The molecule has 2 N–H and O–H groups in total. The van der Waals surface area contributed by atoms with Crippen LogP contribution in [0, 0.1) is 0 Å². The van der Waals surface area contributed by atoms with Crippen LogP contribution in [0.3, 0.4) is 0 Å². The third-order valence-electron chi connectivity index (χ3n) is 6.70. The average Bonchev–Trinajstić information content (AvgIpc) is 3.76. The first-order valence-electron chi connectivity index (χ1n) is 13.1. The highest BCUT2D eigenvalue weighted by Crippen LogP contribution is 2.27. The van der Waals surface area contributed by atoms with Crippen molar-refractivity contribution in [2.45, 2.75) is 0 Å². The lowest BCUT2D eigenvalue weighted by molar-refractivity contribution is 0.102. The highest BCUT2D eigenvalue weighted by molar-refractivity contribution is 6.14. The van der Waals surface area contributed by atoms with Crippen LogP contribution < -0.4 is 10.6 Å². The fourth-order valence-electron chi connectivity index (χ4n) is 4.77. The summed E-state index contributed by atoms with van der Waals surface area (Å²) in [6.45, 7) is 0. The first-order chi connectivity index (χ1) is 20.6. The molecule has 9 heteroatoms. The molecular weight excluding hydrogens is 530 g/mol. The van der Waals surface area contributed by atoms with Crippen molar-refractivity contribution in [3.8, 4) is 22.9 Å². The molecule has 0 fully saturated rings. The zero-order valence-electron chi connectivity index (χ0n) is 21.9. The lowest BCUT2D eigenvalue weighted by atomic mass is 10.1. The molecule has 202 valence electrons. The van der Waals surface area contributed by atoms with Crippen LogP contribution in [-0.4, -0.2) is 26.8 Å². The number of fused-ring (bicyclic) bond motifs is 2. The molecule has 0 aliphatic heterocycles. The van der Waals surface area contributed by atoms with Gasteiger partial charge in [-0.2, -0.15) is 0 Å². The van der Waals surface area contributed by atoms with Crippen LogP contribution in [0.1, 0.15) is 20.7 Å². The second-order valence-electron chi connectivity index (χ2n) is 9.42. The monoisotopic (exact) mass is 551 g/mol. The summed E-state index contributed by atoms with van der Waals surface area (Å²) in [4.78, 5) is 40.7. The molecule has 0 aliphatic carbocycles. The number of aromatic nitrogens is 3. The highest BCUT2D eigenvalue weighted by atomic mass is 16.3. The molecule has 0 atom stereocenters. The van der Waals surface area contributed by atoms with Gasteiger partial charge >= 0.3 is 0 Å². The second-order valence-corrected chi connectivity index (χ2v) is 9.42. The molecule has 0 aliphatic rings. The number of carbonyl (C=O) groups excluding carboxylic acids is 2. The summed E-state index contributed by atoms with van der Waals surface area (Å²) in [5, 5.41) is 7.08. The average molecular weight is 552 g/mol. The smallest absolute Gasteiger partial charge is 0.257 e. The number of benzene rings is 2. The standard InChI is InChI=1S/C33H21N5O4/c39-32(22-18-26(28-12-6-16-41-28)34-24-10-3-1-8-20(22)24)37-30-14-5-15-31(36-30)38-33(40)23-19-27(29-13-7-17-42-29)35-25-11-4-2-9-21(23)25/h1-19H,(H2,36,37,38,39,40). The highest BCUT2D eigenvalue weighted by Gasteiger charge is 2.18. The van der Waals surface area contributed by atoms with Crippen LogP contribution >= 0.6 is 0 Å². The van der Waals surface area contributed by atoms with Gasteiger partial charge in [0.2, 0.25) is 0 Å². The Morgan fingerprint density at radius 1 is 0.524 bits per heavy atom. The van der Waals surface area contributed by atoms with E-state index in [0.29, 0.717) is 55.8 Å². The van der Waals surface area contributed by atoms with E-state index in [2.05, 4.69) is 25.6 Å². The van der Waals surface area contributed by atoms with Gasteiger partial charge in [0.15, 0.2) is 11.5 Å². The Balaban J connectivity index is 1.17. The SMILES string of the molecule is O=C(Nc1cccc(NC(=O)c2cc(-c3ccco3)nc3ccccc23)n1)c1cc(-c2ccco2)nc2ccccc12. The number of nitrogens with zero attached hydrogens (tertiary/aromatic N) is 3. The van der Waals surface area contributed by atoms with E-state index in [-0.39, 0.29) is 23.5 Å². The van der Waals surface area contributed by atoms with Crippen molar-refractivity contribution >= 4 is 45.3 Å². The van der Waals surface area contributed by atoms with Gasteiger partial charge in [0.05, 0.1) is 34.7 Å². The zero-order valence-corrected chi connectivity index (χ0v) is 21.9. The summed E-state index contributed by atoms with van der Waals surface area (Å²) in [6, 6.07) is 30.3. The predicted octanol–water partition coefficient (Wildman–Crippen LogP) is 7.20. The largest absolute Gasteiger partial charge is 0.463 e. The van der Waals surface area contributed by atoms with E-state index in [1.807, 2.05) is 48.5 Å². The van der Waals surface area contributed by atoms with E-state index < -0.39 is 0 Å². The Morgan fingerprint density at radius 2 is 1.00 bits per heavy atom. The van der Waals surface area contributed by atoms with Gasteiger partial charge in [-0.25, -0.2) is 15.0 Å². The van der Waals surface area contributed by atoms with Crippen molar-refractivity contribution in [2.24, 2.45) is 0 Å². The van der Waals surface area contributed by atoms with Crippen LogP contribution in [0.4, 0.5) is 11.6 Å². The minimum atomic E-state index is -0.374. The lowest BCUT2D eigenvalue weighted by Gasteiger charge is -2.11. The van der Waals surface area contributed by atoms with Crippen LogP contribution in [0.2, 0.25) is 0 Å². The molecule has 9 nitrogen and oxygen atoms in total. The molecule has 2 aromatic carbocycles. The summed E-state index contributed by atoms with van der Waals surface area (Å²) in [5.74, 6) is 0.900. The first kappa shape index (κ1) is 24.9. The molecule has 5 aromatic heterocycles. The van der Waals surface area contributed by atoms with Gasteiger partial charge < -0.3 is 19.5 Å². The zero-order chi connectivity index (χ0) is 28.5. The number of amides is 2. The van der Waals surface area contributed by atoms with Gasteiger partial charge in [-0.05, 0) is 60.7 Å². The Labute approximate surface area is 238 Å². The van der Waals surface area contributed by atoms with Crippen LogP contribution in [0.15, 0.2) is 124 Å². The number of furan rings is 2. The number of nitrogens with one attached hydrogen (secondary N) is 2. The van der Waals surface area contributed by atoms with Gasteiger partial charge in [-0.1, -0.05) is 42.5 Å². The van der Waals surface area contributed by atoms with Gasteiger partial charge in [-0.3, -0.25) is 9.59 Å². The van der Waals surface area contributed by atoms with E-state index >= 15 is 0 Å². The molecule has 5 heterocycles. The first-order valence-corrected chi connectivity index (χ1v) is 13.1. The van der Waals surface area contributed by atoms with Gasteiger partial charge in [0.1, 0.15) is 23.0 Å². The number of para-hydroxylation sites is 2. The van der Waals surface area contributed by atoms with Crippen molar-refractivity contribution < 1.29 is 18.4 Å². The maximum Gasteiger partial charge on any atom is 0.257 e. The molecule has 7 aromatic rings. The molecule has 42 heavy (non-hydrogen) atoms.